The van der Waals surface area contributed by atoms with Gasteiger partial charge in [-0.3, -0.25) is 14.8 Å². The number of fused-ring (bicyclic) bond motifs is 1. The fraction of sp³-hybridized carbons (Fsp3) is 0.286. The molecule has 1 aromatic carbocycles. The first-order valence-corrected chi connectivity index (χ1v) is 13.7. The maximum Gasteiger partial charge on any atom is 0.319 e. The molecule has 3 aromatic heterocycles. The molecule has 202 valence electrons. The Labute approximate surface area is 235 Å². The fourth-order valence-electron chi connectivity index (χ4n) is 3.91. The van der Waals surface area contributed by atoms with E-state index >= 15 is 0 Å². The Morgan fingerprint density at radius 3 is 2.69 bits per heavy atom. The minimum absolute atomic E-state index is 0.00880. The van der Waals surface area contributed by atoms with Crippen molar-refractivity contribution in [3.63, 3.8) is 0 Å². The number of hydrogen-bond acceptors (Lipinski definition) is 7. The number of nitrogens with one attached hydrogen (secondary N) is 2. The van der Waals surface area contributed by atoms with Crippen LogP contribution in [0.5, 0.6) is 11.5 Å². The first-order chi connectivity index (χ1) is 18.9. The maximum atomic E-state index is 12.0. The van der Waals surface area contributed by atoms with Crippen molar-refractivity contribution in [1.29, 1.82) is 0 Å². The van der Waals surface area contributed by atoms with Gasteiger partial charge in [0.05, 0.1) is 38.1 Å². The van der Waals surface area contributed by atoms with Crippen molar-refractivity contribution >= 4 is 50.8 Å². The number of carbonyl (C=O) groups is 2. The summed E-state index contributed by atoms with van der Waals surface area (Å²) in [6, 6.07) is 12.8. The van der Waals surface area contributed by atoms with Gasteiger partial charge in [0, 0.05) is 57.7 Å². The highest BCUT2D eigenvalue weighted by atomic mass is 35.5. The summed E-state index contributed by atoms with van der Waals surface area (Å²) >= 11 is 7.94. The lowest BCUT2D eigenvalue weighted by atomic mass is 10.2. The van der Waals surface area contributed by atoms with Crippen LogP contribution in [0.25, 0.3) is 20.8 Å². The number of methoxy groups -OCH3 is 1. The van der Waals surface area contributed by atoms with E-state index in [1.807, 2.05) is 18.2 Å². The van der Waals surface area contributed by atoms with E-state index in [1.165, 1.54) is 11.3 Å². The van der Waals surface area contributed by atoms with Crippen LogP contribution in [0.1, 0.15) is 25.3 Å². The SMILES string of the molecule is COCCN(Cc1ccc(-c2cc3nccc(Oc4ccc(NC(=O)NC5CC5)c(Cl)c4)c3s2)nc1)C(C)=O. The lowest BCUT2D eigenvalue weighted by Gasteiger charge is -2.20. The minimum atomic E-state index is -0.265. The summed E-state index contributed by atoms with van der Waals surface area (Å²) < 4.78 is 12.1. The van der Waals surface area contributed by atoms with Crippen molar-refractivity contribution < 1.29 is 19.1 Å². The molecule has 9 nitrogen and oxygen atoms in total. The molecule has 1 aliphatic rings. The van der Waals surface area contributed by atoms with Crippen LogP contribution in [0.15, 0.2) is 54.9 Å². The number of pyridine rings is 2. The molecule has 3 heterocycles. The molecular formula is C28H28ClN5O4S. The van der Waals surface area contributed by atoms with E-state index in [0.717, 1.165) is 39.2 Å². The molecule has 3 amide bonds. The second-order valence-electron chi connectivity index (χ2n) is 9.24. The molecule has 0 radical (unpaired) electrons. The summed E-state index contributed by atoms with van der Waals surface area (Å²) in [5.74, 6) is 1.18. The van der Waals surface area contributed by atoms with Crippen molar-refractivity contribution in [2.45, 2.75) is 32.4 Å². The van der Waals surface area contributed by atoms with E-state index < -0.39 is 0 Å². The minimum Gasteiger partial charge on any atom is -0.456 e. The average molecular weight is 566 g/mol. The predicted molar refractivity (Wildman–Crippen MR) is 153 cm³/mol. The maximum absolute atomic E-state index is 12.0. The summed E-state index contributed by atoms with van der Waals surface area (Å²) in [5.41, 5.74) is 3.05. The normalized spacial score (nSPS) is 12.8. The Kier molecular flexibility index (Phi) is 8.25. The summed E-state index contributed by atoms with van der Waals surface area (Å²) in [6.07, 6.45) is 5.50. The van der Waals surface area contributed by atoms with Gasteiger partial charge >= 0.3 is 6.03 Å². The smallest absolute Gasteiger partial charge is 0.319 e. The first-order valence-electron chi connectivity index (χ1n) is 12.5. The standard InChI is InChI=1S/C28H28ClN5O4S/c1-17(35)34(11-12-37-2)16-18-3-7-23(31-15-18)26-14-24-27(39-26)25(9-10-30-24)38-20-6-8-22(21(29)13-20)33-28(36)32-19-4-5-19/h3,6-10,13-15,19H,4-5,11-12,16H2,1-2H3,(H2,32,33,36). The molecule has 0 spiro atoms. The number of hydrogen-bond donors (Lipinski definition) is 2. The fourth-order valence-corrected chi connectivity index (χ4v) is 5.17. The molecule has 5 rings (SSSR count). The molecule has 0 unspecified atom stereocenters. The Morgan fingerprint density at radius 1 is 1.15 bits per heavy atom. The number of amides is 3. The molecule has 39 heavy (non-hydrogen) atoms. The lowest BCUT2D eigenvalue weighted by Crippen LogP contribution is -2.31. The number of halogens is 1. The third-order valence-corrected chi connectivity index (χ3v) is 7.64. The summed E-state index contributed by atoms with van der Waals surface area (Å²) in [7, 11) is 1.62. The molecule has 1 fully saturated rings. The first kappa shape index (κ1) is 26.9. The van der Waals surface area contributed by atoms with E-state index in [2.05, 4.69) is 20.6 Å². The highest BCUT2D eigenvalue weighted by Crippen LogP contribution is 2.39. The molecule has 1 aliphatic carbocycles. The van der Waals surface area contributed by atoms with Crippen LogP contribution in [0, 0.1) is 0 Å². The molecule has 4 aromatic rings. The topological polar surface area (TPSA) is 106 Å². The van der Waals surface area contributed by atoms with Crippen LogP contribution < -0.4 is 15.4 Å². The van der Waals surface area contributed by atoms with Gasteiger partial charge in [-0.1, -0.05) is 17.7 Å². The van der Waals surface area contributed by atoms with Gasteiger partial charge in [-0.2, -0.15) is 0 Å². The average Bonchev–Trinajstić information content (AvgIpc) is 3.62. The van der Waals surface area contributed by atoms with E-state index in [0.29, 0.717) is 41.9 Å². The largest absolute Gasteiger partial charge is 0.456 e. The summed E-state index contributed by atoms with van der Waals surface area (Å²) in [6.45, 7) is 3.03. The van der Waals surface area contributed by atoms with E-state index in [1.54, 1.807) is 55.6 Å². The Bertz CT molecular complexity index is 1490. The molecule has 0 saturated heterocycles. The highest BCUT2D eigenvalue weighted by molar-refractivity contribution is 7.22. The zero-order valence-electron chi connectivity index (χ0n) is 21.6. The number of benzene rings is 1. The van der Waals surface area contributed by atoms with Crippen LogP contribution in [0.3, 0.4) is 0 Å². The second kappa shape index (κ2) is 12.0. The van der Waals surface area contributed by atoms with Crippen LogP contribution in [-0.2, 0) is 16.1 Å². The Hall–Kier alpha value is -3.73. The van der Waals surface area contributed by atoms with Gasteiger partial charge in [0.25, 0.3) is 0 Å². The second-order valence-corrected chi connectivity index (χ2v) is 10.7. The van der Waals surface area contributed by atoms with Gasteiger partial charge in [0.2, 0.25) is 5.91 Å². The van der Waals surface area contributed by atoms with Crippen molar-refractivity contribution in [3.8, 4) is 22.1 Å². The number of carbonyl (C=O) groups excluding carboxylic acids is 2. The monoisotopic (exact) mass is 565 g/mol. The molecule has 11 heteroatoms. The van der Waals surface area contributed by atoms with Crippen molar-refractivity contribution in [2.75, 3.05) is 25.6 Å². The number of nitrogens with zero attached hydrogens (tertiary/aromatic N) is 3. The number of thiophene rings is 1. The van der Waals surface area contributed by atoms with Crippen molar-refractivity contribution in [3.05, 3.63) is 65.4 Å². The zero-order chi connectivity index (χ0) is 27.4. The van der Waals surface area contributed by atoms with Crippen LogP contribution in [0.4, 0.5) is 10.5 Å². The van der Waals surface area contributed by atoms with E-state index in [9.17, 15) is 9.59 Å². The number of anilines is 1. The molecule has 0 aliphatic heterocycles. The van der Waals surface area contributed by atoms with Crippen molar-refractivity contribution in [2.24, 2.45) is 0 Å². The van der Waals surface area contributed by atoms with Gasteiger partial charge in [-0.05, 0) is 42.7 Å². The van der Waals surface area contributed by atoms with E-state index in [-0.39, 0.29) is 18.0 Å². The Morgan fingerprint density at radius 2 is 2.00 bits per heavy atom. The molecule has 0 bridgehead atoms. The molecular weight excluding hydrogens is 538 g/mol. The van der Waals surface area contributed by atoms with Gasteiger partial charge in [0.15, 0.2) is 0 Å². The zero-order valence-corrected chi connectivity index (χ0v) is 23.1. The van der Waals surface area contributed by atoms with E-state index in [4.69, 9.17) is 21.1 Å². The van der Waals surface area contributed by atoms with Gasteiger partial charge < -0.3 is 25.0 Å². The predicted octanol–water partition coefficient (Wildman–Crippen LogP) is 6.08. The quantitative estimate of drug-likeness (QED) is 0.241. The highest BCUT2D eigenvalue weighted by Gasteiger charge is 2.23. The Balaban J connectivity index is 1.30. The van der Waals surface area contributed by atoms with Crippen LogP contribution >= 0.6 is 22.9 Å². The van der Waals surface area contributed by atoms with Gasteiger partial charge in [0.1, 0.15) is 11.5 Å². The van der Waals surface area contributed by atoms with Crippen molar-refractivity contribution in [1.82, 2.24) is 20.2 Å². The third-order valence-electron chi connectivity index (χ3n) is 6.17. The van der Waals surface area contributed by atoms with Crippen LogP contribution in [-0.4, -0.2) is 53.1 Å². The van der Waals surface area contributed by atoms with Gasteiger partial charge in [-0.15, -0.1) is 11.3 Å². The lowest BCUT2D eigenvalue weighted by molar-refractivity contribution is -0.130. The number of ether oxygens (including phenoxy) is 2. The van der Waals surface area contributed by atoms with Gasteiger partial charge in [-0.25, -0.2) is 4.79 Å². The number of aromatic nitrogens is 2. The summed E-state index contributed by atoms with van der Waals surface area (Å²) in [5, 5.41) is 6.03. The molecule has 0 atom stereocenters. The molecule has 2 N–H and O–H groups in total. The summed E-state index contributed by atoms with van der Waals surface area (Å²) in [4.78, 5) is 35.8. The molecule has 1 saturated carbocycles. The number of urea groups is 1. The number of rotatable bonds is 10. The van der Waals surface area contributed by atoms with Crippen LogP contribution in [0.2, 0.25) is 5.02 Å². The third kappa shape index (κ3) is 6.83.